The Morgan fingerprint density at radius 3 is 2.74 bits per heavy atom. The second kappa shape index (κ2) is 5.33. The van der Waals surface area contributed by atoms with E-state index < -0.39 is 0 Å². The highest BCUT2D eigenvalue weighted by atomic mass is 16.2. The molecule has 2 aliphatic heterocycles. The van der Waals surface area contributed by atoms with Crippen molar-refractivity contribution in [2.45, 2.75) is 38.5 Å². The second-order valence-electron chi connectivity index (χ2n) is 5.74. The van der Waals surface area contributed by atoms with E-state index >= 15 is 0 Å². The highest BCUT2D eigenvalue weighted by Crippen LogP contribution is 2.35. The van der Waals surface area contributed by atoms with Gasteiger partial charge in [-0.15, -0.1) is 0 Å². The first kappa shape index (κ1) is 12.7. The zero-order valence-electron chi connectivity index (χ0n) is 11.6. The van der Waals surface area contributed by atoms with Gasteiger partial charge in [-0.05, 0) is 62.4 Å². The number of hydrogen-bond acceptors (Lipinski definition) is 2. The van der Waals surface area contributed by atoms with Crippen molar-refractivity contribution >= 4 is 11.6 Å². The van der Waals surface area contributed by atoms with Crippen LogP contribution >= 0.6 is 0 Å². The molecule has 0 radical (unpaired) electrons. The zero-order valence-corrected chi connectivity index (χ0v) is 11.6. The molecular formula is C16H22N2O. The van der Waals surface area contributed by atoms with Crippen molar-refractivity contribution in [1.29, 1.82) is 0 Å². The Labute approximate surface area is 115 Å². The molecule has 3 heteroatoms. The van der Waals surface area contributed by atoms with E-state index in [0.29, 0.717) is 18.2 Å². The SMILES string of the molecule is Cc1ccc(C2CCNCC2)c(N2CCCC2=O)c1. The van der Waals surface area contributed by atoms with E-state index in [1.54, 1.807) is 0 Å². The topological polar surface area (TPSA) is 32.3 Å². The number of nitrogens with one attached hydrogen (secondary N) is 1. The van der Waals surface area contributed by atoms with E-state index in [9.17, 15) is 4.79 Å². The van der Waals surface area contributed by atoms with Gasteiger partial charge in [0.15, 0.2) is 0 Å². The zero-order chi connectivity index (χ0) is 13.2. The molecule has 1 amide bonds. The summed E-state index contributed by atoms with van der Waals surface area (Å²) in [6.45, 7) is 5.17. The molecule has 1 N–H and O–H groups in total. The van der Waals surface area contributed by atoms with Crippen molar-refractivity contribution in [3.05, 3.63) is 29.3 Å². The monoisotopic (exact) mass is 258 g/mol. The van der Waals surface area contributed by atoms with Gasteiger partial charge in [0, 0.05) is 18.7 Å². The Morgan fingerprint density at radius 1 is 1.26 bits per heavy atom. The molecule has 2 saturated heterocycles. The third-order valence-corrected chi connectivity index (χ3v) is 4.33. The Morgan fingerprint density at radius 2 is 2.05 bits per heavy atom. The minimum absolute atomic E-state index is 0.292. The summed E-state index contributed by atoms with van der Waals surface area (Å²) in [5.41, 5.74) is 3.80. The maximum atomic E-state index is 12.0. The summed E-state index contributed by atoms with van der Waals surface area (Å²) in [7, 11) is 0. The first-order valence-electron chi connectivity index (χ1n) is 7.37. The van der Waals surface area contributed by atoms with Crippen LogP contribution in [0, 0.1) is 6.92 Å². The molecule has 1 aromatic rings. The molecule has 2 aliphatic rings. The smallest absolute Gasteiger partial charge is 0.227 e. The summed E-state index contributed by atoms with van der Waals surface area (Å²) < 4.78 is 0. The molecule has 2 heterocycles. The first-order chi connectivity index (χ1) is 9.25. The molecule has 102 valence electrons. The maximum Gasteiger partial charge on any atom is 0.227 e. The van der Waals surface area contributed by atoms with Crippen LogP contribution in [0.4, 0.5) is 5.69 Å². The number of rotatable bonds is 2. The fourth-order valence-corrected chi connectivity index (χ4v) is 3.27. The standard InChI is InChI=1S/C16H22N2O/c1-12-4-5-14(13-6-8-17-9-7-13)15(11-12)18-10-2-3-16(18)19/h4-5,11,13,17H,2-3,6-10H2,1H3. The van der Waals surface area contributed by atoms with Gasteiger partial charge in [0.1, 0.15) is 0 Å². The molecule has 3 nitrogen and oxygen atoms in total. The molecule has 0 aliphatic carbocycles. The van der Waals surface area contributed by atoms with Crippen molar-refractivity contribution in [2.75, 3.05) is 24.5 Å². The lowest BCUT2D eigenvalue weighted by Crippen LogP contribution is -2.29. The normalized spacial score (nSPS) is 21.1. The van der Waals surface area contributed by atoms with Crippen LogP contribution in [0.2, 0.25) is 0 Å². The van der Waals surface area contributed by atoms with Crippen molar-refractivity contribution in [2.24, 2.45) is 0 Å². The highest BCUT2D eigenvalue weighted by molar-refractivity contribution is 5.96. The fourth-order valence-electron chi connectivity index (χ4n) is 3.27. The van der Waals surface area contributed by atoms with Gasteiger partial charge in [0.05, 0.1) is 0 Å². The molecular weight excluding hydrogens is 236 g/mol. The molecule has 1 aromatic carbocycles. The van der Waals surface area contributed by atoms with Crippen LogP contribution < -0.4 is 10.2 Å². The van der Waals surface area contributed by atoms with Crippen LogP contribution in [0.1, 0.15) is 42.7 Å². The number of carbonyl (C=O) groups excluding carboxylic acids is 1. The lowest BCUT2D eigenvalue weighted by molar-refractivity contribution is -0.117. The first-order valence-corrected chi connectivity index (χ1v) is 7.37. The summed E-state index contributed by atoms with van der Waals surface area (Å²) in [6, 6.07) is 6.62. The Balaban J connectivity index is 1.96. The van der Waals surface area contributed by atoms with E-state index in [1.165, 1.54) is 29.7 Å². The van der Waals surface area contributed by atoms with E-state index in [4.69, 9.17) is 0 Å². The summed E-state index contributed by atoms with van der Waals surface area (Å²) in [5.74, 6) is 0.894. The van der Waals surface area contributed by atoms with E-state index in [2.05, 4.69) is 30.4 Å². The van der Waals surface area contributed by atoms with Gasteiger partial charge >= 0.3 is 0 Å². The molecule has 2 fully saturated rings. The Kier molecular flexibility index (Phi) is 3.56. The summed E-state index contributed by atoms with van der Waals surface area (Å²) in [6.07, 6.45) is 4.06. The van der Waals surface area contributed by atoms with E-state index in [-0.39, 0.29) is 0 Å². The second-order valence-corrected chi connectivity index (χ2v) is 5.74. The summed E-state index contributed by atoms with van der Waals surface area (Å²) in [4.78, 5) is 14.0. The van der Waals surface area contributed by atoms with Crippen molar-refractivity contribution in [1.82, 2.24) is 5.32 Å². The van der Waals surface area contributed by atoms with Crippen molar-refractivity contribution < 1.29 is 4.79 Å². The van der Waals surface area contributed by atoms with Crippen molar-refractivity contribution in [3.63, 3.8) is 0 Å². The van der Waals surface area contributed by atoms with Gasteiger partial charge in [0.2, 0.25) is 5.91 Å². The fraction of sp³-hybridized carbons (Fsp3) is 0.562. The number of carbonyl (C=O) groups is 1. The van der Waals surface area contributed by atoms with Crippen LogP contribution in [-0.2, 0) is 4.79 Å². The van der Waals surface area contributed by atoms with Gasteiger partial charge < -0.3 is 10.2 Å². The third kappa shape index (κ3) is 2.52. The highest BCUT2D eigenvalue weighted by Gasteiger charge is 2.27. The maximum absolute atomic E-state index is 12.0. The van der Waals surface area contributed by atoms with Gasteiger partial charge in [0.25, 0.3) is 0 Å². The molecule has 19 heavy (non-hydrogen) atoms. The lowest BCUT2D eigenvalue weighted by Gasteiger charge is -2.28. The molecule has 0 aromatic heterocycles. The Hall–Kier alpha value is -1.35. The molecule has 0 spiro atoms. The predicted octanol–water partition coefficient (Wildman–Crippen LogP) is 2.59. The minimum Gasteiger partial charge on any atom is -0.317 e. The number of aryl methyl sites for hydroxylation is 1. The molecule has 3 rings (SSSR count). The summed E-state index contributed by atoms with van der Waals surface area (Å²) >= 11 is 0. The number of anilines is 1. The van der Waals surface area contributed by atoms with Gasteiger partial charge in [-0.2, -0.15) is 0 Å². The number of nitrogens with zero attached hydrogens (tertiary/aromatic N) is 1. The van der Waals surface area contributed by atoms with Gasteiger partial charge in [-0.3, -0.25) is 4.79 Å². The molecule has 0 bridgehead atoms. The quantitative estimate of drug-likeness (QED) is 0.884. The van der Waals surface area contributed by atoms with Crippen molar-refractivity contribution in [3.8, 4) is 0 Å². The number of piperidine rings is 1. The molecule has 0 unspecified atom stereocenters. The largest absolute Gasteiger partial charge is 0.317 e. The van der Waals surface area contributed by atoms with E-state index in [0.717, 1.165) is 26.1 Å². The van der Waals surface area contributed by atoms with Gasteiger partial charge in [-0.25, -0.2) is 0 Å². The van der Waals surface area contributed by atoms with Gasteiger partial charge in [-0.1, -0.05) is 12.1 Å². The summed E-state index contributed by atoms with van der Waals surface area (Å²) in [5, 5.41) is 3.41. The Bertz CT molecular complexity index is 478. The average Bonchev–Trinajstić information content (AvgIpc) is 2.86. The van der Waals surface area contributed by atoms with Crippen LogP contribution in [0.5, 0.6) is 0 Å². The van der Waals surface area contributed by atoms with Crippen LogP contribution in [0.25, 0.3) is 0 Å². The number of hydrogen-bond donors (Lipinski definition) is 1. The van der Waals surface area contributed by atoms with Crippen LogP contribution in [0.3, 0.4) is 0 Å². The van der Waals surface area contributed by atoms with E-state index in [1.807, 2.05) is 4.90 Å². The lowest BCUT2D eigenvalue weighted by atomic mass is 9.88. The predicted molar refractivity (Wildman–Crippen MR) is 77.6 cm³/mol. The van der Waals surface area contributed by atoms with Crippen LogP contribution in [-0.4, -0.2) is 25.5 Å². The van der Waals surface area contributed by atoms with Crippen LogP contribution in [0.15, 0.2) is 18.2 Å². The number of benzene rings is 1. The number of amides is 1. The minimum atomic E-state index is 0.292. The molecule has 0 saturated carbocycles. The molecule has 0 atom stereocenters. The average molecular weight is 258 g/mol. The third-order valence-electron chi connectivity index (χ3n) is 4.33.